The minimum Gasteiger partial charge on any atom is -0.465 e. The largest absolute Gasteiger partial charge is 0.465 e. The zero-order valence-electron chi connectivity index (χ0n) is 7.80. The van der Waals surface area contributed by atoms with Crippen LogP contribution in [-0.2, 0) is 4.74 Å². The fourth-order valence-electron chi connectivity index (χ4n) is 1.44. The Morgan fingerprint density at radius 1 is 1.60 bits per heavy atom. The molecule has 0 saturated heterocycles. The van der Waals surface area contributed by atoms with E-state index in [0.717, 1.165) is 6.07 Å². The van der Waals surface area contributed by atoms with Gasteiger partial charge < -0.3 is 9.72 Å². The van der Waals surface area contributed by atoms with Crippen molar-refractivity contribution in [2.45, 2.75) is 0 Å². The second kappa shape index (κ2) is 3.66. The molecule has 1 aromatic heterocycles. The summed E-state index contributed by atoms with van der Waals surface area (Å²) in [5, 5.41) is 0.621. The number of fused-ring (bicyclic) bond motifs is 1. The molecular weight excluding hydrogens is 265 g/mol. The van der Waals surface area contributed by atoms with Crippen LogP contribution in [0, 0.1) is 5.82 Å². The Morgan fingerprint density at radius 2 is 2.33 bits per heavy atom. The first-order valence-electron chi connectivity index (χ1n) is 4.18. The number of esters is 1. The molecule has 3 nitrogen and oxygen atoms in total. The molecule has 0 radical (unpaired) electrons. The number of hydrogen-bond donors (Lipinski definition) is 1. The Kier molecular flexibility index (Phi) is 2.48. The Morgan fingerprint density at radius 3 is 3.00 bits per heavy atom. The van der Waals surface area contributed by atoms with Gasteiger partial charge in [-0.3, -0.25) is 0 Å². The van der Waals surface area contributed by atoms with Gasteiger partial charge in [0.05, 0.1) is 22.7 Å². The number of nitrogens with one attached hydrogen (secondary N) is 1. The molecule has 0 atom stereocenters. The predicted molar refractivity (Wildman–Crippen MR) is 57.3 cm³/mol. The van der Waals surface area contributed by atoms with Crippen LogP contribution in [-0.4, -0.2) is 18.1 Å². The first kappa shape index (κ1) is 10.2. The van der Waals surface area contributed by atoms with Gasteiger partial charge in [-0.25, -0.2) is 9.18 Å². The standard InChI is InChI=1S/C10H7BrFNO2/c1-15-10(14)6-4-7(12)8(11)5-2-3-13-9(5)6/h2-4,13H,1H3. The number of aromatic nitrogens is 1. The lowest BCUT2D eigenvalue weighted by atomic mass is 10.1. The first-order valence-corrected chi connectivity index (χ1v) is 4.98. The van der Waals surface area contributed by atoms with Crippen LogP contribution in [0.2, 0.25) is 0 Å². The molecule has 78 valence electrons. The van der Waals surface area contributed by atoms with Gasteiger partial charge in [0, 0.05) is 11.6 Å². The summed E-state index contributed by atoms with van der Waals surface area (Å²) in [6.07, 6.45) is 1.64. The molecule has 0 fully saturated rings. The van der Waals surface area contributed by atoms with Crippen LogP contribution >= 0.6 is 15.9 Å². The molecule has 0 aliphatic heterocycles. The third-order valence-electron chi connectivity index (χ3n) is 2.14. The highest BCUT2D eigenvalue weighted by atomic mass is 79.9. The Hall–Kier alpha value is -1.36. The van der Waals surface area contributed by atoms with Crippen molar-refractivity contribution in [3.63, 3.8) is 0 Å². The van der Waals surface area contributed by atoms with Gasteiger partial charge in [-0.2, -0.15) is 0 Å². The van der Waals surface area contributed by atoms with Crippen molar-refractivity contribution in [2.75, 3.05) is 7.11 Å². The van der Waals surface area contributed by atoms with E-state index >= 15 is 0 Å². The van der Waals surface area contributed by atoms with Crippen LogP contribution in [0.3, 0.4) is 0 Å². The molecule has 0 aliphatic carbocycles. The second-order valence-corrected chi connectivity index (χ2v) is 3.77. The topological polar surface area (TPSA) is 42.1 Å². The first-order chi connectivity index (χ1) is 7.15. The van der Waals surface area contributed by atoms with E-state index in [1.165, 1.54) is 7.11 Å². The van der Waals surface area contributed by atoms with E-state index in [9.17, 15) is 9.18 Å². The average molecular weight is 272 g/mol. The molecule has 0 unspecified atom stereocenters. The smallest absolute Gasteiger partial charge is 0.340 e. The van der Waals surface area contributed by atoms with E-state index < -0.39 is 11.8 Å². The lowest BCUT2D eigenvalue weighted by Gasteiger charge is -2.03. The monoisotopic (exact) mass is 271 g/mol. The molecule has 1 heterocycles. The van der Waals surface area contributed by atoms with Gasteiger partial charge >= 0.3 is 5.97 Å². The summed E-state index contributed by atoms with van der Waals surface area (Å²) in [5.41, 5.74) is 0.758. The maximum absolute atomic E-state index is 13.4. The van der Waals surface area contributed by atoms with Crippen molar-refractivity contribution in [1.29, 1.82) is 0 Å². The van der Waals surface area contributed by atoms with Crippen molar-refractivity contribution >= 4 is 32.8 Å². The third kappa shape index (κ3) is 1.52. The van der Waals surface area contributed by atoms with E-state index in [1.807, 2.05) is 0 Å². The lowest BCUT2D eigenvalue weighted by Crippen LogP contribution is -2.03. The summed E-state index contributed by atoms with van der Waals surface area (Å²) >= 11 is 3.12. The molecule has 15 heavy (non-hydrogen) atoms. The van der Waals surface area contributed by atoms with Crippen molar-refractivity contribution in [1.82, 2.24) is 4.98 Å². The number of methoxy groups -OCH3 is 1. The molecular formula is C10H7BrFNO2. The highest BCUT2D eigenvalue weighted by molar-refractivity contribution is 9.10. The highest BCUT2D eigenvalue weighted by Gasteiger charge is 2.16. The summed E-state index contributed by atoms with van der Waals surface area (Å²) < 4.78 is 18.3. The fraction of sp³-hybridized carbons (Fsp3) is 0.100. The molecule has 0 saturated carbocycles. The zero-order chi connectivity index (χ0) is 11.0. The zero-order valence-corrected chi connectivity index (χ0v) is 9.39. The molecule has 0 bridgehead atoms. The Balaban J connectivity index is 2.80. The van der Waals surface area contributed by atoms with Gasteiger partial charge in [-0.15, -0.1) is 0 Å². The summed E-state index contributed by atoms with van der Waals surface area (Å²) in [5.74, 6) is -1.05. The number of rotatable bonds is 1. The SMILES string of the molecule is COC(=O)c1cc(F)c(Br)c2cc[nH]c12. The maximum atomic E-state index is 13.4. The van der Waals surface area contributed by atoms with Gasteiger partial charge in [-0.1, -0.05) is 0 Å². The molecule has 1 N–H and O–H groups in total. The third-order valence-corrected chi connectivity index (χ3v) is 2.94. The number of carbonyl (C=O) groups excluding carboxylic acids is 1. The number of H-pyrrole nitrogens is 1. The van der Waals surface area contributed by atoms with Crippen LogP contribution in [0.15, 0.2) is 22.8 Å². The number of halogens is 2. The molecule has 5 heteroatoms. The predicted octanol–water partition coefficient (Wildman–Crippen LogP) is 2.86. The molecule has 2 rings (SSSR count). The van der Waals surface area contributed by atoms with Gasteiger partial charge in [0.25, 0.3) is 0 Å². The van der Waals surface area contributed by atoms with Crippen LogP contribution in [0.5, 0.6) is 0 Å². The van der Waals surface area contributed by atoms with Gasteiger partial charge in [0.2, 0.25) is 0 Å². The van der Waals surface area contributed by atoms with E-state index in [1.54, 1.807) is 12.3 Å². The van der Waals surface area contributed by atoms with Crippen molar-refractivity contribution < 1.29 is 13.9 Å². The summed E-state index contributed by atoms with van der Waals surface area (Å²) in [7, 11) is 1.26. The van der Waals surface area contributed by atoms with Crippen molar-refractivity contribution in [3.05, 3.63) is 34.2 Å². The summed E-state index contributed by atoms with van der Waals surface area (Å²) in [6, 6.07) is 2.84. The number of carbonyl (C=O) groups is 1. The maximum Gasteiger partial charge on any atom is 0.340 e. The minimum atomic E-state index is -0.561. The number of hydrogen-bond acceptors (Lipinski definition) is 2. The van der Waals surface area contributed by atoms with Crippen LogP contribution < -0.4 is 0 Å². The van der Waals surface area contributed by atoms with E-state index in [0.29, 0.717) is 15.4 Å². The van der Waals surface area contributed by atoms with E-state index in [-0.39, 0.29) is 5.56 Å². The molecule has 0 aliphatic rings. The van der Waals surface area contributed by atoms with E-state index in [2.05, 4.69) is 25.7 Å². The molecule has 1 aromatic carbocycles. The number of aromatic amines is 1. The normalized spacial score (nSPS) is 10.6. The number of benzene rings is 1. The lowest BCUT2D eigenvalue weighted by molar-refractivity contribution is 0.0602. The Bertz CT molecular complexity index is 535. The summed E-state index contributed by atoms with van der Waals surface area (Å²) in [6.45, 7) is 0. The second-order valence-electron chi connectivity index (χ2n) is 2.98. The van der Waals surface area contributed by atoms with Crippen LogP contribution in [0.1, 0.15) is 10.4 Å². The van der Waals surface area contributed by atoms with Crippen molar-refractivity contribution in [3.8, 4) is 0 Å². The summed E-state index contributed by atoms with van der Waals surface area (Å²) in [4.78, 5) is 14.2. The Labute approximate surface area is 93.4 Å². The quantitative estimate of drug-likeness (QED) is 0.811. The minimum absolute atomic E-state index is 0.193. The van der Waals surface area contributed by atoms with Gasteiger partial charge in [-0.05, 0) is 28.1 Å². The van der Waals surface area contributed by atoms with Gasteiger partial charge in [0.15, 0.2) is 0 Å². The van der Waals surface area contributed by atoms with Crippen LogP contribution in [0.25, 0.3) is 10.9 Å². The fourth-order valence-corrected chi connectivity index (χ4v) is 1.88. The molecule has 0 spiro atoms. The average Bonchev–Trinajstić information content (AvgIpc) is 2.71. The van der Waals surface area contributed by atoms with Crippen LogP contribution in [0.4, 0.5) is 4.39 Å². The van der Waals surface area contributed by atoms with Crippen molar-refractivity contribution in [2.24, 2.45) is 0 Å². The molecule has 0 amide bonds. The molecule has 2 aromatic rings. The number of ether oxygens (including phenoxy) is 1. The van der Waals surface area contributed by atoms with E-state index in [4.69, 9.17) is 0 Å². The highest BCUT2D eigenvalue weighted by Crippen LogP contribution is 2.29. The van der Waals surface area contributed by atoms with Gasteiger partial charge in [0.1, 0.15) is 5.82 Å².